The van der Waals surface area contributed by atoms with Crippen LogP contribution in [0.2, 0.25) is 0 Å². The molecule has 0 aliphatic heterocycles. The fourth-order valence-corrected chi connectivity index (χ4v) is 2.72. The number of anilines is 1. The molecule has 0 heterocycles. The minimum Gasteiger partial charge on any atom is -0.375 e. The van der Waals surface area contributed by atoms with Crippen molar-refractivity contribution in [3.63, 3.8) is 0 Å². The Morgan fingerprint density at radius 2 is 1.52 bits per heavy atom. The van der Waals surface area contributed by atoms with Gasteiger partial charge in [-0.3, -0.25) is 9.59 Å². The highest BCUT2D eigenvalue weighted by Gasteiger charge is 2.19. The highest BCUT2D eigenvalue weighted by Crippen LogP contribution is 2.20. The van der Waals surface area contributed by atoms with Crippen molar-refractivity contribution in [1.82, 2.24) is 5.32 Å². The van der Waals surface area contributed by atoms with Gasteiger partial charge in [0.2, 0.25) is 0 Å². The zero-order valence-corrected chi connectivity index (χ0v) is 15.1. The second-order valence-electron chi connectivity index (χ2n) is 6.01. The van der Waals surface area contributed by atoms with E-state index in [1.165, 1.54) is 0 Å². The first-order valence-electron chi connectivity index (χ1n) is 8.17. The predicted octanol–water partition coefficient (Wildman–Crippen LogP) is 3.05. The van der Waals surface area contributed by atoms with Crippen LogP contribution in [0.25, 0.3) is 0 Å². The molecule has 0 aliphatic rings. The Balaban J connectivity index is 1.99. The lowest BCUT2D eigenvalue weighted by molar-refractivity contribution is -0.136. The van der Waals surface area contributed by atoms with Gasteiger partial charge >= 0.3 is 11.8 Å². The molecule has 0 radical (unpaired) electrons. The van der Waals surface area contributed by atoms with Crippen LogP contribution in [-0.4, -0.2) is 25.5 Å². The van der Waals surface area contributed by atoms with Gasteiger partial charge < -0.3 is 15.4 Å². The van der Waals surface area contributed by atoms with Gasteiger partial charge in [0.1, 0.15) is 0 Å². The van der Waals surface area contributed by atoms with Crippen LogP contribution in [0.1, 0.15) is 28.4 Å². The topological polar surface area (TPSA) is 67.4 Å². The number of hydrogen-bond acceptors (Lipinski definition) is 3. The zero-order valence-electron chi connectivity index (χ0n) is 15.1. The van der Waals surface area contributed by atoms with Crippen LogP contribution in [0, 0.1) is 20.8 Å². The fraction of sp³-hybridized carbons (Fsp3) is 0.300. The molecule has 2 aromatic carbocycles. The van der Waals surface area contributed by atoms with Crippen LogP contribution in [0.4, 0.5) is 5.69 Å². The zero-order chi connectivity index (χ0) is 18.4. The van der Waals surface area contributed by atoms with Crippen LogP contribution >= 0.6 is 0 Å². The van der Waals surface area contributed by atoms with E-state index in [-0.39, 0.29) is 12.6 Å². The van der Waals surface area contributed by atoms with Crippen molar-refractivity contribution in [2.75, 3.05) is 19.0 Å². The van der Waals surface area contributed by atoms with Crippen molar-refractivity contribution in [1.29, 1.82) is 0 Å². The maximum absolute atomic E-state index is 12.2. The Labute approximate surface area is 148 Å². The third-order valence-corrected chi connectivity index (χ3v) is 4.19. The Kier molecular flexibility index (Phi) is 6.31. The summed E-state index contributed by atoms with van der Waals surface area (Å²) in [6.07, 6.45) is -0.307. The molecule has 25 heavy (non-hydrogen) atoms. The molecule has 0 bridgehead atoms. The number of rotatable bonds is 5. The quantitative estimate of drug-likeness (QED) is 0.822. The van der Waals surface area contributed by atoms with Gasteiger partial charge in [0.25, 0.3) is 0 Å². The van der Waals surface area contributed by atoms with E-state index in [0.29, 0.717) is 5.69 Å². The number of hydrogen-bond donors (Lipinski definition) is 2. The smallest absolute Gasteiger partial charge is 0.313 e. The predicted molar refractivity (Wildman–Crippen MR) is 98.5 cm³/mol. The third-order valence-electron chi connectivity index (χ3n) is 4.19. The largest absolute Gasteiger partial charge is 0.375 e. The molecule has 0 fully saturated rings. The highest BCUT2D eigenvalue weighted by atomic mass is 16.5. The van der Waals surface area contributed by atoms with Crippen molar-refractivity contribution in [2.45, 2.75) is 26.9 Å². The van der Waals surface area contributed by atoms with Crippen LogP contribution in [-0.2, 0) is 14.3 Å². The standard InChI is InChI=1S/C20H24N2O3/c1-13-8-5-6-11-16(13)17(25-4)12-21-19(23)20(24)22-18-14(2)9-7-10-15(18)3/h5-11,17H,12H2,1-4H3,(H,21,23)(H,22,24). The average Bonchev–Trinajstić information content (AvgIpc) is 2.59. The molecular formula is C20H24N2O3. The van der Waals surface area contributed by atoms with Gasteiger partial charge in [-0.05, 0) is 43.0 Å². The van der Waals surface area contributed by atoms with Crippen LogP contribution in [0.15, 0.2) is 42.5 Å². The summed E-state index contributed by atoms with van der Waals surface area (Å²) in [6.45, 7) is 5.98. The molecule has 0 aromatic heterocycles. The van der Waals surface area contributed by atoms with E-state index in [2.05, 4.69) is 10.6 Å². The summed E-state index contributed by atoms with van der Waals surface area (Å²) in [6, 6.07) is 13.5. The van der Waals surface area contributed by atoms with E-state index in [1.54, 1.807) is 7.11 Å². The molecule has 2 aromatic rings. The second kappa shape index (κ2) is 8.44. The molecule has 2 rings (SSSR count). The minimum absolute atomic E-state index is 0.223. The number of ether oxygens (including phenoxy) is 1. The number of carbonyl (C=O) groups excluding carboxylic acids is 2. The number of para-hydroxylation sites is 1. The third kappa shape index (κ3) is 4.67. The summed E-state index contributed by atoms with van der Waals surface area (Å²) in [5, 5.41) is 5.32. The summed E-state index contributed by atoms with van der Waals surface area (Å²) in [7, 11) is 1.58. The molecule has 0 saturated carbocycles. The Morgan fingerprint density at radius 3 is 2.12 bits per heavy atom. The molecular weight excluding hydrogens is 316 g/mol. The van der Waals surface area contributed by atoms with Gasteiger partial charge in [-0.1, -0.05) is 42.5 Å². The van der Waals surface area contributed by atoms with Gasteiger partial charge in [0.05, 0.1) is 6.10 Å². The summed E-state index contributed by atoms with van der Waals surface area (Å²) in [5.74, 6) is -1.37. The average molecular weight is 340 g/mol. The van der Waals surface area contributed by atoms with Crippen molar-refractivity contribution in [3.05, 3.63) is 64.7 Å². The van der Waals surface area contributed by atoms with E-state index < -0.39 is 11.8 Å². The Hall–Kier alpha value is -2.66. The fourth-order valence-electron chi connectivity index (χ4n) is 2.72. The summed E-state index contributed by atoms with van der Waals surface area (Å²) in [4.78, 5) is 24.3. The van der Waals surface area contributed by atoms with Gasteiger partial charge in [-0.25, -0.2) is 0 Å². The lowest BCUT2D eigenvalue weighted by atomic mass is 10.0. The molecule has 2 amide bonds. The van der Waals surface area contributed by atoms with Gasteiger partial charge in [-0.15, -0.1) is 0 Å². The lowest BCUT2D eigenvalue weighted by Gasteiger charge is -2.18. The van der Waals surface area contributed by atoms with Crippen molar-refractivity contribution in [2.24, 2.45) is 0 Å². The molecule has 132 valence electrons. The summed E-state index contributed by atoms with van der Waals surface area (Å²) in [5.41, 5.74) is 4.56. The molecule has 1 atom stereocenters. The number of benzene rings is 2. The first-order chi connectivity index (χ1) is 11.9. The summed E-state index contributed by atoms with van der Waals surface area (Å²) < 4.78 is 5.46. The van der Waals surface area contributed by atoms with Crippen LogP contribution < -0.4 is 10.6 Å². The van der Waals surface area contributed by atoms with E-state index in [0.717, 1.165) is 22.3 Å². The number of methoxy groups -OCH3 is 1. The molecule has 0 aliphatic carbocycles. The molecule has 0 spiro atoms. The highest BCUT2D eigenvalue weighted by molar-refractivity contribution is 6.39. The van der Waals surface area contributed by atoms with Crippen LogP contribution in [0.5, 0.6) is 0 Å². The molecule has 5 heteroatoms. The number of carbonyl (C=O) groups is 2. The maximum atomic E-state index is 12.2. The van der Waals surface area contributed by atoms with E-state index in [9.17, 15) is 9.59 Å². The van der Waals surface area contributed by atoms with Gasteiger partial charge in [-0.2, -0.15) is 0 Å². The second-order valence-corrected chi connectivity index (χ2v) is 6.01. The molecule has 1 unspecified atom stereocenters. The number of nitrogens with one attached hydrogen (secondary N) is 2. The van der Waals surface area contributed by atoms with Gasteiger partial charge in [0.15, 0.2) is 0 Å². The van der Waals surface area contributed by atoms with Crippen molar-refractivity contribution >= 4 is 17.5 Å². The van der Waals surface area contributed by atoms with Crippen LogP contribution in [0.3, 0.4) is 0 Å². The van der Waals surface area contributed by atoms with Crippen molar-refractivity contribution in [3.8, 4) is 0 Å². The number of aryl methyl sites for hydroxylation is 3. The molecule has 5 nitrogen and oxygen atoms in total. The first kappa shape index (κ1) is 18.7. The number of amides is 2. The monoisotopic (exact) mass is 340 g/mol. The maximum Gasteiger partial charge on any atom is 0.313 e. The lowest BCUT2D eigenvalue weighted by Crippen LogP contribution is -2.38. The first-order valence-corrected chi connectivity index (χ1v) is 8.17. The minimum atomic E-state index is -0.683. The van der Waals surface area contributed by atoms with Crippen molar-refractivity contribution < 1.29 is 14.3 Å². The van der Waals surface area contributed by atoms with Gasteiger partial charge in [0, 0.05) is 19.3 Å². The Morgan fingerprint density at radius 1 is 0.920 bits per heavy atom. The SMILES string of the molecule is COC(CNC(=O)C(=O)Nc1c(C)cccc1C)c1ccccc1C. The molecule has 2 N–H and O–H groups in total. The summed E-state index contributed by atoms with van der Waals surface area (Å²) >= 11 is 0. The van der Waals surface area contributed by atoms with E-state index in [4.69, 9.17) is 4.74 Å². The van der Waals surface area contributed by atoms with E-state index >= 15 is 0 Å². The Bertz CT molecular complexity index is 751. The van der Waals surface area contributed by atoms with E-state index in [1.807, 2.05) is 63.2 Å². The molecule has 0 saturated heterocycles. The normalized spacial score (nSPS) is 11.7.